The quantitative estimate of drug-likeness (QED) is 0.826. The molecule has 1 atom stereocenters. The molecule has 0 saturated heterocycles. The number of nitrogens with one attached hydrogen (secondary N) is 1. The van der Waals surface area contributed by atoms with E-state index in [9.17, 15) is 17.6 Å². The highest BCUT2D eigenvalue weighted by Gasteiger charge is 2.31. The lowest BCUT2D eigenvalue weighted by Gasteiger charge is -2.30. The summed E-state index contributed by atoms with van der Waals surface area (Å²) in [7, 11) is -3.74. The van der Waals surface area contributed by atoms with Gasteiger partial charge in [0.25, 0.3) is 0 Å². The minimum Gasteiger partial charge on any atom is -0.324 e. The first-order valence-electron chi connectivity index (χ1n) is 7.53. The van der Waals surface area contributed by atoms with Crippen molar-refractivity contribution in [2.75, 3.05) is 15.9 Å². The molecule has 0 saturated carbocycles. The van der Waals surface area contributed by atoms with Crippen molar-refractivity contribution in [1.82, 2.24) is 0 Å². The Bertz CT molecular complexity index is 856. The normalized spacial score (nSPS) is 12.5. The Hall–Kier alpha value is -2.12. The van der Waals surface area contributed by atoms with Crippen molar-refractivity contribution >= 4 is 38.9 Å². The summed E-state index contributed by atoms with van der Waals surface area (Å²) >= 11 is 5.95. The number of rotatable bonds is 6. The Morgan fingerprint density at radius 1 is 1.24 bits per heavy atom. The van der Waals surface area contributed by atoms with Gasteiger partial charge >= 0.3 is 0 Å². The predicted octanol–water partition coefficient (Wildman–Crippen LogP) is 3.66. The Morgan fingerprint density at radius 2 is 1.88 bits per heavy atom. The molecule has 1 N–H and O–H groups in total. The van der Waals surface area contributed by atoms with E-state index in [1.807, 2.05) is 0 Å². The van der Waals surface area contributed by atoms with Gasteiger partial charge < -0.3 is 5.32 Å². The van der Waals surface area contributed by atoms with E-state index in [1.54, 1.807) is 25.1 Å². The van der Waals surface area contributed by atoms with Gasteiger partial charge in [-0.3, -0.25) is 9.10 Å². The van der Waals surface area contributed by atoms with Crippen LogP contribution in [0.25, 0.3) is 0 Å². The van der Waals surface area contributed by atoms with Crippen molar-refractivity contribution in [3.05, 3.63) is 59.4 Å². The number of benzene rings is 2. The molecule has 0 aliphatic rings. The number of halogens is 2. The minimum absolute atomic E-state index is 0.243. The molecule has 1 unspecified atom stereocenters. The van der Waals surface area contributed by atoms with Gasteiger partial charge in [0.05, 0.1) is 11.9 Å². The largest absolute Gasteiger partial charge is 0.324 e. The first-order valence-corrected chi connectivity index (χ1v) is 9.76. The summed E-state index contributed by atoms with van der Waals surface area (Å²) in [5, 5.41) is 2.97. The highest BCUT2D eigenvalue weighted by atomic mass is 35.5. The van der Waals surface area contributed by atoms with Crippen molar-refractivity contribution in [3.8, 4) is 0 Å². The molecule has 0 fully saturated rings. The summed E-state index contributed by atoms with van der Waals surface area (Å²) in [6, 6.07) is 10.5. The third kappa shape index (κ3) is 4.93. The van der Waals surface area contributed by atoms with E-state index in [0.717, 1.165) is 10.6 Å². The number of amides is 1. The Labute approximate surface area is 151 Å². The number of carbonyl (C=O) groups excluding carboxylic acids is 1. The molecular formula is C17H18ClFN2O3S. The second kappa shape index (κ2) is 7.84. The van der Waals surface area contributed by atoms with E-state index in [-0.39, 0.29) is 6.42 Å². The van der Waals surface area contributed by atoms with Crippen LogP contribution in [0, 0.1) is 5.82 Å². The van der Waals surface area contributed by atoms with Gasteiger partial charge in [-0.05, 0) is 48.9 Å². The summed E-state index contributed by atoms with van der Waals surface area (Å²) in [6.45, 7) is 1.71. The van der Waals surface area contributed by atoms with E-state index in [4.69, 9.17) is 11.6 Å². The fraction of sp³-hybridized carbons (Fsp3) is 0.235. The van der Waals surface area contributed by atoms with E-state index >= 15 is 0 Å². The molecule has 0 heterocycles. The van der Waals surface area contributed by atoms with Crippen LogP contribution in [-0.4, -0.2) is 26.6 Å². The van der Waals surface area contributed by atoms with E-state index in [2.05, 4.69) is 5.32 Å². The maximum Gasteiger partial charge on any atom is 0.248 e. The zero-order chi connectivity index (χ0) is 18.6. The van der Waals surface area contributed by atoms with Crippen molar-refractivity contribution < 1.29 is 17.6 Å². The van der Waals surface area contributed by atoms with Crippen LogP contribution in [0.2, 0.25) is 5.02 Å². The van der Waals surface area contributed by atoms with Crippen LogP contribution in [0.3, 0.4) is 0 Å². The molecule has 0 bridgehead atoms. The zero-order valence-corrected chi connectivity index (χ0v) is 15.3. The molecule has 0 spiro atoms. The predicted molar refractivity (Wildman–Crippen MR) is 97.9 cm³/mol. The third-order valence-corrected chi connectivity index (χ3v) is 4.92. The van der Waals surface area contributed by atoms with Gasteiger partial charge in [-0.1, -0.05) is 24.6 Å². The molecule has 2 aromatic carbocycles. The smallest absolute Gasteiger partial charge is 0.248 e. The molecule has 5 nitrogen and oxygen atoms in total. The molecule has 134 valence electrons. The molecule has 0 aliphatic heterocycles. The van der Waals surface area contributed by atoms with Crippen LogP contribution >= 0.6 is 11.6 Å². The maximum absolute atomic E-state index is 13.0. The van der Waals surface area contributed by atoms with Gasteiger partial charge in [0.15, 0.2) is 0 Å². The summed E-state index contributed by atoms with van der Waals surface area (Å²) in [4.78, 5) is 12.6. The Kier molecular flexibility index (Phi) is 6.02. The van der Waals surface area contributed by atoms with Gasteiger partial charge in [0, 0.05) is 10.7 Å². The van der Waals surface area contributed by atoms with Gasteiger partial charge in [-0.2, -0.15) is 0 Å². The summed E-state index contributed by atoms with van der Waals surface area (Å²) in [5.41, 5.74) is 0.681. The van der Waals surface area contributed by atoms with Crippen LogP contribution in [0.5, 0.6) is 0 Å². The van der Waals surface area contributed by atoms with Crippen LogP contribution in [0.4, 0.5) is 15.8 Å². The average Bonchev–Trinajstić information content (AvgIpc) is 2.53. The monoisotopic (exact) mass is 384 g/mol. The summed E-state index contributed by atoms with van der Waals surface area (Å²) < 4.78 is 38.6. The SMILES string of the molecule is CCC(C(=O)Nc1ccc(F)cc1)N(c1cccc(Cl)c1)S(C)(=O)=O. The van der Waals surface area contributed by atoms with Gasteiger partial charge in [-0.25, -0.2) is 12.8 Å². The molecule has 2 rings (SSSR count). The molecule has 0 radical (unpaired) electrons. The van der Waals surface area contributed by atoms with Gasteiger partial charge in [-0.15, -0.1) is 0 Å². The zero-order valence-electron chi connectivity index (χ0n) is 13.7. The van der Waals surface area contributed by atoms with Crippen molar-refractivity contribution in [2.45, 2.75) is 19.4 Å². The topological polar surface area (TPSA) is 66.5 Å². The van der Waals surface area contributed by atoms with Crippen LogP contribution in [0.1, 0.15) is 13.3 Å². The van der Waals surface area contributed by atoms with E-state index < -0.39 is 27.8 Å². The van der Waals surface area contributed by atoms with Crippen LogP contribution in [0.15, 0.2) is 48.5 Å². The highest BCUT2D eigenvalue weighted by molar-refractivity contribution is 7.92. The minimum atomic E-state index is -3.74. The summed E-state index contributed by atoms with van der Waals surface area (Å²) in [5.74, 6) is -0.943. The Balaban J connectivity index is 2.36. The number of anilines is 2. The number of sulfonamides is 1. The first-order chi connectivity index (χ1) is 11.7. The number of hydrogen-bond acceptors (Lipinski definition) is 3. The van der Waals surface area contributed by atoms with Crippen molar-refractivity contribution in [2.24, 2.45) is 0 Å². The molecular weight excluding hydrogens is 367 g/mol. The van der Waals surface area contributed by atoms with Crippen LogP contribution < -0.4 is 9.62 Å². The molecule has 2 aromatic rings. The Morgan fingerprint density at radius 3 is 2.40 bits per heavy atom. The maximum atomic E-state index is 13.0. The van der Waals surface area contributed by atoms with Gasteiger partial charge in [0.2, 0.25) is 15.9 Å². The van der Waals surface area contributed by atoms with Gasteiger partial charge in [0.1, 0.15) is 11.9 Å². The molecule has 1 amide bonds. The standard InChI is InChI=1S/C17H18ClFN2O3S/c1-3-16(17(22)20-14-9-7-13(19)8-10-14)21(25(2,23)24)15-6-4-5-12(18)11-15/h4-11,16H,3H2,1-2H3,(H,20,22). The molecule has 25 heavy (non-hydrogen) atoms. The average molecular weight is 385 g/mol. The second-order valence-electron chi connectivity index (χ2n) is 5.46. The lowest BCUT2D eigenvalue weighted by Crippen LogP contribution is -2.47. The van der Waals surface area contributed by atoms with Crippen LogP contribution in [-0.2, 0) is 14.8 Å². The fourth-order valence-electron chi connectivity index (χ4n) is 2.43. The molecule has 8 heteroatoms. The highest BCUT2D eigenvalue weighted by Crippen LogP contribution is 2.26. The lowest BCUT2D eigenvalue weighted by atomic mass is 10.2. The lowest BCUT2D eigenvalue weighted by molar-refractivity contribution is -0.117. The fourth-order valence-corrected chi connectivity index (χ4v) is 3.82. The number of carbonyl (C=O) groups is 1. The summed E-state index contributed by atoms with van der Waals surface area (Å²) in [6.07, 6.45) is 1.27. The van der Waals surface area contributed by atoms with E-state index in [0.29, 0.717) is 16.4 Å². The molecule has 0 aromatic heterocycles. The first kappa shape index (κ1) is 19.2. The van der Waals surface area contributed by atoms with Crippen molar-refractivity contribution in [3.63, 3.8) is 0 Å². The molecule has 0 aliphatic carbocycles. The van der Waals surface area contributed by atoms with Crippen molar-refractivity contribution in [1.29, 1.82) is 0 Å². The number of nitrogens with zero attached hydrogens (tertiary/aromatic N) is 1. The number of hydrogen-bond donors (Lipinski definition) is 1. The van der Waals surface area contributed by atoms with E-state index in [1.165, 1.54) is 30.3 Å². The third-order valence-electron chi connectivity index (χ3n) is 3.50. The second-order valence-corrected chi connectivity index (χ2v) is 7.75.